The summed E-state index contributed by atoms with van der Waals surface area (Å²) in [5.41, 5.74) is -0.827. The van der Waals surface area contributed by atoms with Gasteiger partial charge in [-0.25, -0.2) is 14.6 Å². The third kappa shape index (κ3) is 7.58. The molecule has 4 aliphatic rings. The number of hydrogen-bond acceptors (Lipinski definition) is 8. The average molecular weight is 685 g/mol. The molecule has 1 aromatic heterocycles. The number of benzene rings is 1. The van der Waals surface area contributed by atoms with Crippen molar-refractivity contribution in [3.8, 4) is 11.6 Å². The lowest BCUT2D eigenvalue weighted by atomic mass is 10.0. The molecule has 13 heteroatoms. The second-order valence-corrected chi connectivity index (χ2v) is 14.0. The SMILES string of the molecule is CCOc1cc(O[C@@H]2C[C@H]3C(=O)N[C@]4(C(=O)O)C[C@H]4CCCCCC[C@H](NC(=O)OC4CCCC4)CC(=O)N3C2)c2cccc(Cl)c2n1. The minimum Gasteiger partial charge on any atom is -0.488 e. The topological polar surface area (TPSA) is 156 Å². The number of hydrogen-bond donors (Lipinski definition) is 3. The molecular formula is C35H45ClN4O8. The number of halogens is 1. The number of para-hydroxylation sites is 1. The maximum Gasteiger partial charge on any atom is 0.407 e. The molecule has 0 radical (unpaired) electrons. The lowest BCUT2D eigenvalue weighted by molar-refractivity contribution is -0.145. The number of pyridine rings is 1. The van der Waals surface area contributed by atoms with Gasteiger partial charge in [-0.1, -0.05) is 43.4 Å². The van der Waals surface area contributed by atoms with Crippen molar-refractivity contribution in [1.29, 1.82) is 0 Å². The van der Waals surface area contributed by atoms with Crippen LogP contribution < -0.4 is 20.1 Å². The van der Waals surface area contributed by atoms with Crippen LogP contribution in [0.3, 0.4) is 0 Å². The van der Waals surface area contributed by atoms with Gasteiger partial charge in [0.05, 0.1) is 23.7 Å². The van der Waals surface area contributed by atoms with Gasteiger partial charge >= 0.3 is 12.1 Å². The molecule has 3 amide bonds. The number of ether oxygens (including phenoxy) is 3. The van der Waals surface area contributed by atoms with Crippen molar-refractivity contribution in [1.82, 2.24) is 20.5 Å². The number of aliphatic carboxylic acids is 1. The number of carboxylic acids is 1. The normalized spacial score (nSPS) is 28.4. The van der Waals surface area contributed by atoms with Gasteiger partial charge in [-0.15, -0.1) is 0 Å². The fraction of sp³-hybridized carbons (Fsp3) is 0.629. The van der Waals surface area contributed by atoms with E-state index in [0.29, 0.717) is 53.4 Å². The van der Waals surface area contributed by atoms with E-state index in [9.17, 15) is 24.3 Å². The molecule has 0 unspecified atom stereocenters. The molecule has 260 valence electrons. The first-order valence-electron chi connectivity index (χ1n) is 17.4. The number of amides is 3. The Bertz CT molecular complexity index is 1530. The molecule has 3 N–H and O–H groups in total. The van der Waals surface area contributed by atoms with Crippen LogP contribution in [0, 0.1) is 5.92 Å². The number of carbonyl (C=O) groups is 4. The summed E-state index contributed by atoms with van der Waals surface area (Å²) < 4.78 is 17.8. The van der Waals surface area contributed by atoms with Crippen LogP contribution in [0.4, 0.5) is 4.79 Å². The zero-order chi connectivity index (χ0) is 33.8. The van der Waals surface area contributed by atoms with Gasteiger partial charge in [-0.05, 0) is 69.9 Å². The molecule has 2 aromatic rings. The van der Waals surface area contributed by atoms with E-state index >= 15 is 0 Å². The van der Waals surface area contributed by atoms with Crippen LogP contribution in [-0.4, -0.2) is 81.8 Å². The summed E-state index contributed by atoms with van der Waals surface area (Å²) in [5, 5.41) is 17.0. The molecule has 4 fully saturated rings. The summed E-state index contributed by atoms with van der Waals surface area (Å²) >= 11 is 6.47. The van der Waals surface area contributed by atoms with Gasteiger partial charge in [0.25, 0.3) is 0 Å². The van der Waals surface area contributed by atoms with Gasteiger partial charge in [0, 0.05) is 30.3 Å². The Hall–Kier alpha value is -3.80. The van der Waals surface area contributed by atoms with E-state index in [1.807, 2.05) is 13.0 Å². The maximum atomic E-state index is 14.0. The van der Waals surface area contributed by atoms with E-state index in [1.165, 1.54) is 4.90 Å². The monoisotopic (exact) mass is 684 g/mol. The highest BCUT2D eigenvalue weighted by Crippen LogP contribution is 2.47. The number of nitrogens with one attached hydrogen (secondary N) is 2. The van der Waals surface area contributed by atoms with Crippen LogP contribution in [-0.2, 0) is 19.1 Å². The number of nitrogens with zero attached hydrogens (tertiary/aromatic N) is 2. The van der Waals surface area contributed by atoms with E-state index in [0.717, 1.165) is 51.4 Å². The highest BCUT2D eigenvalue weighted by atomic mass is 35.5. The number of fused-ring (bicyclic) bond motifs is 3. The molecule has 5 atom stereocenters. The molecule has 1 aromatic carbocycles. The summed E-state index contributed by atoms with van der Waals surface area (Å²) in [6.07, 6.45) is 7.71. The summed E-state index contributed by atoms with van der Waals surface area (Å²) in [4.78, 5) is 59.2. The smallest absolute Gasteiger partial charge is 0.407 e. The van der Waals surface area contributed by atoms with E-state index in [2.05, 4.69) is 15.6 Å². The van der Waals surface area contributed by atoms with Crippen LogP contribution in [0.2, 0.25) is 5.02 Å². The third-order valence-electron chi connectivity index (χ3n) is 10.2. The summed E-state index contributed by atoms with van der Waals surface area (Å²) in [6, 6.07) is 5.58. The molecule has 12 nitrogen and oxygen atoms in total. The Kier molecular flexibility index (Phi) is 10.5. The molecule has 0 bridgehead atoms. The van der Waals surface area contributed by atoms with Gasteiger partial charge in [0.2, 0.25) is 17.7 Å². The standard InChI is InChI=1S/C35H45ClN4O8/c1-2-46-29-18-28(25-14-9-15-26(36)31(25)38-29)47-24-17-27-32(42)39-35(33(43)44)19-21(35)10-5-3-4-6-11-22(16-30(41)40(27)20-24)37-34(45)48-23-12-7-8-13-23/h9,14-15,18,21-24,27H,2-8,10-13,16-17,19-20H2,1H3,(H,37,45)(H,39,42)(H,43,44)/t21-,22+,24-,27+,35-/m1/s1. The van der Waals surface area contributed by atoms with Crippen LogP contribution in [0.1, 0.15) is 90.4 Å². The molecule has 6 rings (SSSR count). The lowest BCUT2D eigenvalue weighted by Crippen LogP contribution is -2.53. The molecule has 3 heterocycles. The van der Waals surface area contributed by atoms with Gasteiger partial charge in [-0.2, -0.15) is 0 Å². The minimum absolute atomic E-state index is 0.0226. The second kappa shape index (κ2) is 14.8. The second-order valence-electron chi connectivity index (χ2n) is 13.6. The first-order chi connectivity index (χ1) is 23.2. The third-order valence-corrected chi connectivity index (χ3v) is 10.5. The molecule has 2 aliphatic carbocycles. The van der Waals surface area contributed by atoms with E-state index in [4.69, 9.17) is 25.8 Å². The maximum absolute atomic E-state index is 14.0. The summed E-state index contributed by atoms with van der Waals surface area (Å²) in [5.74, 6) is -1.27. The van der Waals surface area contributed by atoms with Gasteiger partial charge < -0.3 is 34.9 Å². The van der Waals surface area contributed by atoms with Gasteiger partial charge in [-0.3, -0.25) is 9.59 Å². The Morgan fingerprint density at radius 2 is 1.83 bits per heavy atom. The Morgan fingerprint density at radius 3 is 2.58 bits per heavy atom. The van der Waals surface area contributed by atoms with Crippen LogP contribution in [0.15, 0.2) is 24.3 Å². The number of alkyl carbamates (subject to hydrolysis) is 1. The zero-order valence-electron chi connectivity index (χ0n) is 27.4. The van der Waals surface area contributed by atoms with Crippen molar-refractivity contribution in [2.75, 3.05) is 13.2 Å². The number of carbonyl (C=O) groups excluding carboxylic acids is 3. The van der Waals surface area contributed by atoms with E-state index < -0.39 is 41.7 Å². The molecule has 0 spiro atoms. The number of carboxylic acid groups (broad SMARTS) is 1. The highest BCUT2D eigenvalue weighted by Gasteiger charge is 2.62. The molecular weight excluding hydrogens is 640 g/mol. The largest absolute Gasteiger partial charge is 0.488 e. The number of rotatable bonds is 7. The molecule has 2 saturated carbocycles. The van der Waals surface area contributed by atoms with E-state index in [-0.39, 0.29) is 37.3 Å². The number of aromatic nitrogens is 1. The predicted molar refractivity (Wildman–Crippen MR) is 177 cm³/mol. The quantitative estimate of drug-likeness (QED) is 0.349. The summed E-state index contributed by atoms with van der Waals surface area (Å²) in [7, 11) is 0. The van der Waals surface area contributed by atoms with Crippen molar-refractivity contribution in [3.63, 3.8) is 0 Å². The van der Waals surface area contributed by atoms with Crippen molar-refractivity contribution < 1.29 is 38.5 Å². The minimum atomic E-state index is -1.33. The van der Waals surface area contributed by atoms with Crippen molar-refractivity contribution in [3.05, 3.63) is 29.3 Å². The van der Waals surface area contributed by atoms with Crippen LogP contribution in [0.5, 0.6) is 11.6 Å². The zero-order valence-corrected chi connectivity index (χ0v) is 28.1. The molecule has 48 heavy (non-hydrogen) atoms. The van der Waals surface area contributed by atoms with Crippen molar-refractivity contribution in [2.24, 2.45) is 5.92 Å². The first kappa shape index (κ1) is 34.1. The summed E-state index contributed by atoms with van der Waals surface area (Å²) in [6.45, 7) is 2.32. The van der Waals surface area contributed by atoms with Crippen molar-refractivity contribution >= 4 is 46.4 Å². The Balaban J connectivity index is 1.25. The van der Waals surface area contributed by atoms with Crippen molar-refractivity contribution in [2.45, 2.75) is 120 Å². The fourth-order valence-electron chi connectivity index (χ4n) is 7.56. The lowest BCUT2D eigenvalue weighted by Gasteiger charge is -2.27. The van der Waals surface area contributed by atoms with Gasteiger partial charge in [0.1, 0.15) is 29.5 Å². The van der Waals surface area contributed by atoms with Crippen LogP contribution >= 0.6 is 11.6 Å². The molecule has 2 aliphatic heterocycles. The van der Waals surface area contributed by atoms with Gasteiger partial charge in [0.15, 0.2) is 0 Å². The average Bonchev–Trinajstić information content (AvgIpc) is 3.33. The highest BCUT2D eigenvalue weighted by molar-refractivity contribution is 6.35. The first-order valence-corrected chi connectivity index (χ1v) is 17.8. The van der Waals surface area contributed by atoms with Crippen LogP contribution in [0.25, 0.3) is 10.9 Å². The molecule has 2 saturated heterocycles. The Labute approximate surface area is 285 Å². The van der Waals surface area contributed by atoms with E-state index in [1.54, 1.807) is 18.2 Å². The predicted octanol–water partition coefficient (Wildman–Crippen LogP) is 5.38. The Morgan fingerprint density at radius 1 is 1.08 bits per heavy atom. The fourth-order valence-corrected chi connectivity index (χ4v) is 7.78.